The minimum Gasteiger partial charge on any atom is -0.443 e. The predicted molar refractivity (Wildman–Crippen MR) is 137 cm³/mol. The molecule has 0 aromatic carbocycles. The Labute approximate surface area is 215 Å². The molecule has 4 aromatic heterocycles. The smallest absolute Gasteiger partial charge is 0.266 e. The first-order chi connectivity index (χ1) is 18.0. The second-order valence-electron chi connectivity index (χ2n) is 9.24. The molecule has 0 unspecified atom stereocenters. The number of carbonyl (C=O) groups is 1. The van der Waals surface area contributed by atoms with Gasteiger partial charge in [0.15, 0.2) is 0 Å². The molecular formula is C28H28N6O3. The van der Waals surface area contributed by atoms with E-state index in [1.807, 2.05) is 25.1 Å². The average molecular weight is 497 g/mol. The quantitative estimate of drug-likeness (QED) is 0.313. The molecule has 9 heteroatoms. The van der Waals surface area contributed by atoms with E-state index in [-0.39, 0.29) is 17.7 Å². The molecule has 9 nitrogen and oxygen atoms in total. The standard InChI is InChI=1S/C28H28N6O3/c1-18(14-20-9-5-4-6-10-20)25-32-33-27(37-25)24-16-21(15-23(31-24)26-29-12-13-36-26)28(35)34(3)17-22-11-7-8-19(2)30-22/h4-5,7-9,11-13,15-16,18H,6,10,14,17H2,1-3H3/t18-/m0/s1. The molecule has 5 rings (SSSR count). The van der Waals surface area contributed by atoms with Crippen molar-refractivity contribution < 1.29 is 13.6 Å². The van der Waals surface area contributed by atoms with Crippen molar-refractivity contribution in [1.82, 2.24) is 30.0 Å². The maximum absolute atomic E-state index is 13.4. The van der Waals surface area contributed by atoms with E-state index >= 15 is 0 Å². The van der Waals surface area contributed by atoms with Gasteiger partial charge in [-0.1, -0.05) is 36.8 Å². The molecule has 0 bridgehead atoms. The number of nitrogens with zero attached hydrogens (tertiary/aromatic N) is 6. The summed E-state index contributed by atoms with van der Waals surface area (Å²) in [6.45, 7) is 4.35. The summed E-state index contributed by atoms with van der Waals surface area (Å²) in [6, 6.07) is 9.06. The van der Waals surface area contributed by atoms with Gasteiger partial charge < -0.3 is 13.7 Å². The van der Waals surface area contributed by atoms with Gasteiger partial charge in [0, 0.05) is 24.2 Å². The third-order valence-electron chi connectivity index (χ3n) is 6.17. The Morgan fingerprint density at radius 2 is 1.97 bits per heavy atom. The minimum absolute atomic E-state index is 0.0583. The lowest BCUT2D eigenvalue weighted by atomic mass is 9.95. The Bertz CT molecular complexity index is 1450. The van der Waals surface area contributed by atoms with Gasteiger partial charge in [0.25, 0.3) is 11.8 Å². The first-order valence-corrected chi connectivity index (χ1v) is 12.2. The van der Waals surface area contributed by atoms with E-state index in [0.29, 0.717) is 35.3 Å². The van der Waals surface area contributed by atoms with Gasteiger partial charge in [-0.15, -0.1) is 10.2 Å². The molecule has 0 saturated carbocycles. The number of allylic oxidation sites excluding steroid dienone is 4. The summed E-state index contributed by atoms with van der Waals surface area (Å²) in [6.07, 6.45) is 12.3. The molecule has 1 aliphatic carbocycles. The molecule has 188 valence electrons. The topological polar surface area (TPSA) is 111 Å². The number of aromatic nitrogens is 5. The van der Waals surface area contributed by atoms with Crippen molar-refractivity contribution in [2.24, 2.45) is 0 Å². The van der Waals surface area contributed by atoms with Crippen LogP contribution in [0.4, 0.5) is 0 Å². The highest BCUT2D eigenvalue weighted by Crippen LogP contribution is 2.29. The molecule has 4 aromatic rings. The van der Waals surface area contributed by atoms with Crippen LogP contribution >= 0.6 is 0 Å². The normalized spacial score (nSPS) is 13.9. The van der Waals surface area contributed by atoms with E-state index in [9.17, 15) is 4.79 Å². The maximum Gasteiger partial charge on any atom is 0.266 e. The monoisotopic (exact) mass is 496 g/mol. The first kappa shape index (κ1) is 24.3. The van der Waals surface area contributed by atoms with Crippen molar-refractivity contribution >= 4 is 5.91 Å². The average Bonchev–Trinajstić information content (AvgIpc) is 3.62. The molecule has 0 N–H and O–H groups in total. The number of hydrogen-bond acceptors (Lipinski definition) is 8. The highest BCUT2D eigenvalue weighted by molar-refractivity contribution is 5.95. The number of hydrogen-bond donors (Lipinski definition) is 0. The largest absolute Gasteiger partial charge is 0.443 e. The zero-order valence-electron chi connectivity index (χ0n) is 21.1. The van der Waals surface area contributed by atoms with Gasteiger partial charge in [-0.25, -0.2) is 9.97 Å². The van der Waals surface area contributed by atoms with E-state index in [1.165, 1.54) is 18.0 Å². The molecule has 0 spiro atoms. The van der Waals surface area contributed by atoms with Crippen LogP contribution in [0.2, 0.25) is 0 Å². The lowest BCUT2D eigenvalue weighted by molar-refractivity contribution is 0.0783. The van der Waals surface area contributed by atoms with E-state index < -0.39 is 0 Å². The van der Waals surface area contributed by atoms with Crippen LogP contribution in [-0.2, 0) is 6.54 Å². The highest BCUT2D eigenvalue weighted by Gasteiger charge is 2.22. The lowest BCUT2D eigenvalue weighted by Crippen LogP contribution is -2.27. The summed E-state index contributed by atoms with van der Waals surface area (Å²) >= 11 is 0. The van der Waals surface area contributed by atoms with Gasteiger partial charge in [-0.2, -0.15) is 0 Å². The number of pyridine rings is 2. The van der Waals surface area contributed by atoms with Crippen LogP contribution in [0, 0.1) is 6.92 Å². The van der Waals surface area contributed by atoms with Gasteiger partial charge in [0.2, 0.25) is 11.8 Å². The Hall–Kier alpha value is -4.40. The molecule has 0 radical (unpaired) electrons. The number of oxazole rings is 1. The van der Waals surface area contributed by atoms with Crippen LogP contribution in [0.1, 0.15) is 59.7 Å². The summed E-state index contributed by atoms with van der Waals surface area (Å²) < 4.78 is 11.5. The van der Waals surface area contributed by atoms with Crippen LogP contribution in [0.5, 0.6) is 0 Å². The zero-order valence-corrected chi connectivity index (χ0v) is 21.1. The summed E-state index contributed by atoms with van der Waals surface area (Å²) in [4.78, 5) is 28.3. The summed E-state index contributed by atoms with van der Waals surface area (Å²) in [5.41, 5.74) is 4.25. The molecule has 1 aliphatic rings. The van der Waals surface area contributed by atoms with Crippen molar-refractivity contribution in [1.29, 1.82) is 0 Å². The molecule has 0 aliphatic heterocycles. The second-order valence-corrected chi connectivity index (χ2v) is 9.24. The third kappa shape index (κ3) is 5.72. The van der Waals surface area contributed by atoms with Gasteiger partial charge in [0.05, 0.1) is 18.4 Å². The van der Waals surface area contributed by atoms with Crippen molar-refractivity contribution in [2.45, 2.75) is 45.6 Å². The Kier molecular flexibility index (Phi) is 7.02. The van der Waals surface area contributed by atoms with Crippen molar-refractivity contribution in [3.05, 3.63) is 89.4 Å². The molecule has 37 heavy (non-hydrogen) atoms. The van der Waals surface area contributed by atoms with Crippen LogP contribution in [0.25, 0.3) is 23.2 Å². The van der Waals surface area contributed by atoms with Crippen molar-refractivity contribution in [3.8, 4) is 23.2 Å². The second kappa shape index (κ2) is 10.7. The van der Waals surface area contributed by atoms with Gasteiger partial charge in [0.1, 0.15) is 17.7 Å². The molecule has 1 atom stereocenters. The molecular weight excluding hydrogens is 468 g/mol. The van der Waals surface area contributed by atoms with Gasteiger partial charge in [-0.05, 0) is 50.5 Å². The molecule has 4 heterocycles. The fourth-order valence-electron chi connectivity index (χ4n) is 4.29. The zero-order chi connectivity index (χ0) is 25.8. The molecule has 0 fully saturated rings. The van der Waals surface area contributed by atoms with E-state index in [4.69, 9.17) is 8.83 Å². The third-order valence-corrected chi connectivity index (χ3v) is 6.17. The lowest BCUT2D eigenvalue weighted by Gasteiger charge is -2.17. The maximum atomic E-state index is 13.4. The molecule has 0 saturated heterocycles. The fraction of sp³-hybridized carbons (Fsp3) is 0.286. The number of rotatable bonds is 8. The number of carbonyl (C=O) groups excluding carboxylic acids is 1. The van der Waals surface area contributed by atoms with Crippen LogP contribution in [0.3, 0.4) is 0 Å². The highest BCUT2D eigenvalue weighted by atomic mass is 16.4. The summed E-state index contributed by atoms with van der Waals surface area (Å²) in [5, 5.41) is 8.53. The van der Waals surface area contributed by atoms with E-state index in [1.54, 1.807) is 24.1 Å². The van der Waals surface area contributed by atoms with Crippen molar-refractivity contribution in [2.75, 3.05) is 7.05 Å². The number of aryl methyl sites for hydroxylation is 1. The van der Waals surface area contributed by atoms with Crippen molar-refractivity contribution in [3.63, 3.8) is 0 Å². The SMILES string of the molecule is Cc1cccc(CN(C)C(=O)c2cc(-c3ncco3)nc(-c3nnc([C@@H](C)CC4=CC=CCC4)o3)c2)n1. The molecule has 1 amide bonds. The number of amides is 1. The van der Waals surface area contributed by atoms with E-state index in [0.717, 1.165) is 30.7 Å². The minimum atomic E-state index is -0.204. The van der Waals surface area contributed by atoms with Gasteiger partial charge in [-0.3, -0.25) is 9.78 Å². The van der Waals surface area contributed by atoms with Crippen LogP contribution < -0.4 is 0 Å². The summed E-state index contributed by atoms with van der Waals surface area (Å²) in [7, 11) is 1.74. The van der Waals surface area contributed by atoms with Gasteiger partial charge >= 0.3 is 0 Å². The van der Waals surface area contributed by atoms with E-state index in [2.05, 4.69) is 50.3 Å². The summed E-state index contributed by atoms with van der Waals surface area (Å²) in [5.74, 6) is 0.923. The Balaban J connectivity index is 1.43. The fourth-order valence-corrected chi connectivity index (χ4v) is 4.29. The Morgan fingerprint density at radius 1 is 1.14 bits per heavy atom. The van der Waals surface area contributed by atoms with Crippen LogP contribution in [-0.4, -0.2) is 43.0 Å². The van der Waals surface area contributed by atoms with Crippen LogP contribution in [0.15, 0.2) is 75.4 Å². The predicted octanol–water partition coefficient (Wildman–Crippen LogP) is 5.53. The Morgan fingerprint density at radius 3 is 2.70 bits per heavy atom. The first-order valence-electron chi connectivity index (χ1n) is 12.2.